The molecule has 2 N–H and O–H groups in total. The summed E-state index contributed by atoms with van der Waals surface area (Å²) < 4.78 is 18.3. The quantitative estimate of drug-likeness (QED) is 0.864. The Kier molecular flexibility index (Phi) is 6.81. The summed E-state index contributed by atoms with van der Waals surface area (Å²) >= 11 is 6.09. The Balaban J connectivity index is 2.10. The number of carbonyl (C=O) groups excluding carboxylic acids is 1. The summed E-state index contributed by atoms with van der Waals surface area (Å²) in [6.07, 6.45) is 3.55. The molecule has 0 bridgehead atoms. The predicted molar refractivity (Wildman–Crippen MR) is 88.6 cm³/mol. The number of amides is 1. The molecule has 1 amide bonds. The van der Waals surface area contributed by atoms with Gasteiger partial charge in [-0.15, -0.1) is 0 Å². The fourth-order valence-corrected chi connectivity index (χ4v) is 3.26. The van der Waals surface area contributed by atoms with Crippen LogP contribution in [0.1, 0.15) is 31.2 Å². The highest BCUT2D eigenvalue weighted by Crippen LogP contribution is 2.26. The Bertz CT molecular complexity index is 541. The van der Waals surface area contributed by atoms with Crippen LogP contribution in [0.2, 0.25) is 5.02 Å². The van der Waals surface area contributed by atoms with Crippen LogP contribution in [0.25, 0.3) is 0 Å². The minimum absolute atomic E-state index is 0.0465. The molecule has 2 rings (SSSR count). The average molecular weight is 343 g/mol. The second kappa shape index (κ2) is 8.62. The molecule has 23 heavy (non-hydrogen) atoms. The fraction of sp³-hybridized carbons (Fsp3) is 0.588. The third-order valence-electron chi connectivity index (χ3n) is 4.32. The molecule has 0 aliphatic heterocycles. The van der Waals surface area contributed by atoms with E-state index in [9.17, 15) is 9.18 Å². The maximum atomic E-state index is 13.2. The summed E-state index contributed by atoms with van der Waals surface area (Å²) in [5.41, 5.74) is 6.73. The maximum absolute atomic E-state index is 13.2. The number of nitrogens with two attached hydrogens (primary N) is 1. The van der Waals surface area contributed by atoms with Gasteiger partial charge in [0.25, 0.3) is 0 Å². The molecule has 1 aromatic rings. The zero-order valence-electron chi connectivity index (χ0n) is 13.4. The first-order valence-corrected chi connectivity index (χ1v) is 8.36. The van der Waals surface area contributed by atoms with Gasteiger partial charge in [0, 0.05) is 37.2 Å². The lowest BCUT2D eigenvalue weighted by atomic mass is 9.85. The second-order valence-electron chi connectivity index (χ2n) is 6.11. The van der Waals surface area contributed by atoms with Crippen molar-refractivity contribution in [1.82, 2.24) is 4.90 Å². The van der Waals surface area contributed by atoms with Crippen molar-refractivity contribution in [2.24, 2.45) is 11.7 Å². The zero-order chi connectivity index (χ0) is 16.8. The maximum Gasteiger partial charge on any atom is 0.226 e. The summed E-state index contributed by atoms with van der Waals surface area (Å²) in [7, 11) is 1.60. The van der Waals surface area contributed by atoms with Gasteiger partial charge >= 0.3 is 0 Å². The lowest BCUT2D eigenvalue weighted by molar-refractivity contribution is -0.138. The molecule has 0 saturated heterocycles. The Labute approximate surface area is 141 Å². The number of hydrogen-bond acceptors (Lipinski definition) is 3. The van der Waals surface area contributed by atoms with Gasteiger partial charge in [0.1, 0.15) is 5.82 Å². The van der Waals surface area contributed by atoms with Crippen LogP contribution in [0.4, 0.5) is 4.39 Å². The molecule has 128 valence electrons. The number of benzene rings is 1. The highest BCUT2D eigenvalue weighted by atomic mass is 35.5. The van der Waals surface area contributed by atoms with Crippen LogP contribution in [0.15, 0.2) is 18.2 Å². The second-order valence-corrected chi connectivity index (χ2v) is 6.52. The van der Waals surface area contributed by atoms with E-state index in [1.807, 2.05) is 0 Å². The molecule has 1 fully saturated rings. The van der Waals surface area contributed by atoms with Crippen LogP contribution in [-0.4, -0.2) is 37.1 Å². The monoisotopic (exact) mass is 342 g/mol. The van der Waals surface area contributed by atoms with Crippen molar-refractivity contribution in [3.05, 3.63) is 34.6 Å². The first-order chi connectivity index (χ1) is 11.0. The molecule has 1 aliphatic rings. The van der Waals surface area contributed by atoms with Gasteiger partial charge in [0.05, 0.1) is 6.61 Å². The van der Waals surface area contributed by atoms with E-state index in [4.69, 9.17) is 22.1 Å². The highest BCUT2D eigenvalue weighted by molar-refractivity contribution is 6.31. The van der Waals surface area contributed by atoms with Gasteiger partial charge in [0.15, 0.2) is 0 Å². The molecule has 0 heterocycles. The van der Waals surface area contributed by atoms with Crippen LogP contribution in [-0.2, 0) is 16.1 Å². The molecule has 2 atom stereocenters. The number of carbonyl (C=O) groups is 1. The smallest absolute Gasteiger partial charge is 0.226 e. The topological polar surface area (TPSA) is 55.6 Å². The third-order valence-corrected chi connectivity index (χ3v) is 4.67. The molecule has 1 saturated carbocycles. The standard InChI is InChI=1S/C17H24ClFN2O2/c1-23-8-7-21(11-13-5-6-14(19)10-16(13)18)17(22)12-3-2-4-15(20)9-12/h5-6,10,12,15H,2-4,7-9,11,20H2,1H3. The third kappa shape index (κ3) is 5.16. The summed E-state index contributed by atoms with van der Waals surface area (Å²) in [5.74, 6) is -0.348. The zero-order valence-corrected chi connectivity index (χ0v) is 14.2. The normalized spacial score (nSPS) is 21.2. The number of hydrogen-bond donors (Lipinski definition) is 1. The average Bonchev–Trinajstić information content (AvgIpc) is 2.52. The van der Waals surface area contributed by atoms with Crippen molar-refractivity contribution in [2.75, 3.05) is 20.3 Å². The number of ether oxygens (including phenoxy) is 1. The van der Waals surface area contributed by atoms with E-state index in [2.05, 4.69) is 0 Å². The summed E-state index contributed by atoms with van der Waals surface area (Å²) in [6, 6.07) is 4.34. The minimum Gasteiger partial charge on any atom is -0.383 e. The van der Waals surface area contributed by atoms with Crippen molar-refractivity contribution in [3.8, 4) is 0 Å². The fourth-order valence-electron chi connectivity index (χ4n) is 3.03. The van der Waals surface area contributed by atoms with Crippen molar-refractivity contribution in [3.63, 3.8) is 0 Å². The van der Waals surface area contributed by atoms with Crippen LogP contribution in [0, 0.1) is 11.7 Å². The van der Waals surface area contributed by atoms with E-state index in [1.165, 1.54) is 12.1 Å². The molecule has 0 spiro atoms. The molecular formula is C17H24ClFN2O2. The Morgan fingerprint density at radius 2 is 2.26 bits per heavy atom. The molecule has 0 aromatic heterocycles. The van der Waals surface area contributed by atoms with Gasteiger partial charge in [-0.3, -0.25) is 4.79 Å². The van der Waals surface area contributed by atoms with Gasteiger partial charge in [-0.05, 0) is 37.0 Å². The van der Waals surface area contributed by atoms with Crippen molar-refractivity contribution >= 4 is 17.5 Å². The van der Waals surface area contributed by atoms with Crippen LogP contribution in [0.3, 0.4) is 0 Å². The number of methoxy groups -OCH3 is 1. The number of halogens is 2. The lowest BCUT2D eigenvalue weighted by Gasteiger charge is -2.31. The largest absolute Gasteiger partial charge is 0.383 e. The van der Waals surface area contributed by atoms with Crippen molar-refractivity contribution < 1.29 is 13.9 Å². The van der Waals surface area contributed by atoms with Gasteiger partial charge in [-0.25, -0.2) is 4.39 Å². The lowest BCUT2D eigenvalue weighted by Crippen LogP contribution is -2.41. The van der Waals surface area contributed by atoms with Crippen LogP contribution in [0.5, 0.6) is 0 Å². The first kappa shape index (κ1) is 18.2. The molecule has 0 radical (unpaired) electrons. The predicted octanol–water partition coefficient (Wildman–Crippen LogP) is 2.97. The van der Waals surface area contributed by atoms with E-state index in [0.717, 1.165) is 31.2 Å². The Morgan fingerprint density at radius 3 is 2.91 bits per heavy atom. The molecule has 4 nitrogen and oxygen atoms in total. The summed E-state index contributed by atoms with van der Waals surface area (Å²) in [4.78, 5) is 14.6. The Morgan fingerprint density at radius 1 is 1.48 bits per heavy atom. The highest BCUT2D eigenvalue weighted by Gasteiger charge is 2.29. The van der Waals surface area contributed by atoms with Crippen molar-refractivity contribution in [1.29, 1.82) is 0 Å². The number of rotatable bonds is 6. The van der Waals surface area contributed by atoms with Crippen LogP contribution >= 0.6 is 11.6 Å². The molecule has 6 heteroatoms. The van der Waals surface area contributed by atoms with E-state index >= 15 is 0 Å². The van der Waals surface area contributed by atoms with Gasteiger partial charge in [-0.2, -0.15) is 0 Å². The van der Waals surface area contributed by atoms with Gasteiger partial charge < -0.3 is 15.4 Å². The molecule has 1 aliphatic carbocycles. The SMILES string of the molecule is COCCN(Cc1ccc(F)cc1Cl)C(=O)C1CCCC(N)C1. The van der Waals surface area contributed by atoms with Gasteiger partial charge in [-0.1, -0.05) is 24.1 Å². The van der Waals surface area contributed by atoms with E-state index < -0.39 is 0 Å². The molecule has 2 unspecified atom stereocenters. The Hall–Kier alpha value is -1.17. The number of nitrogens with zero attached hydrogens (tertiary/aromatic N) is 1. The van der Waals surface area contributed by atoms with Crippen LogP contribution < -0.4 is 5.73 Å². The molecule has 1 aromatic carbocycles. The summed E-state index contributed by atoms with van der Waals surface area (Å²) in [5, 5.41) is 0.334. The molecular weight excluding hydrogens is 319 g/mol. The summed E-state index contributed by atoms with van der Waals surface area (Å²) in [6.45, 7) is 1.28. The van der Waals surface area contributed by atoms with E-state index in [0.29, 0.717) is 24.7 Å². The van der Waals surface area contributed by atoms with Gasteiger partial charge in [0.2, 0.25) is 5.91 Å². The van der Waals surface area contributed by atoms with E-state index in [1.54, 1.807) is 18.1 Å². The minimum atomic E-state index is -0.383. The first-order valence-electron chi connectivity index (χ1n) is 7.98. The van der Waals surface area contributed by atoms with E-state index in [-0.39, 0.29) is 23.7 Å². The van der Waals surface area contributed by atoms with Crippen molar-refractivity contribution in [2.45, 2.75) is 38.3 Å².